The number of thiophene rings is 1. The zero-order chi connectivity index (χ0) is 11.4. The second-order valence-corrected chi connectivity index (χ2v) is 6.64. The number of nitrogens with one attached hydrogen (secondary N) is 1. The summed E-state index contributed by atoms with van der Waals surface area (Å²) in [4.78, 5) is 0. The molecule has 0 aliphatic heterocycles. The van der Waals surface area contributed by atoms with Crippen molar-refractivity contribution >= 4 is 27.3 Å². The molecule has 1 aromatic rings. The predicted molar refractivity (Wildman–Crippen MR) is 71.9 cm³/mol. The maximum atomic E-state index is 5.37. The summed E-state index contributed by atoms with van der Waals surface area (Å²) < 4.78 is 6.59. The van der Waals surface area contributed by atoms with Gasteiger partial charge in [0.15, 0.2) is 0 Å². The third kappa shape index (κ3) is 3.55. The van der Waals surface area contributed by atoms with Crippen LogP contribution < -0.4 is 5.32 Å². The van der Waals surface area contributed by atoms with Crippen LogP contribution in [0.1, 0.15) is 31.2 Å². The van der Waals surface area contributed by atoms with Gasteiger partial charge in [-0.3, -0.25) is 0 Å². The second-order valence-electron chi connectivity index (χ2n) is 4.35. The van der Waals surface area contributed by atoms with Crippen LogP contribution in [-0.2, 0) is 11.3 Å². The first kappa shape index (κ1) is 12.6. The zero-order valence-electron chi connectivity index (χ0n) is 9.54. The van der Waals surface area contributed by atoms with Crippen molar-refractivity contribution in [2.24, 2.45) is 0 Å². The Labute approximate surface area is 110 Å². The number of hydrogen-bond donors (Lipinski definition) is 1. The molecule has 1 N–H and O–H groups in total. The molecule has 1 aromatic heterocycles. The fraction of sp³-hybridized carbons (Fsp3) is 0.667. The Balaban J connectivity index is 1.71. The summed E-state index contributed by atoms with van der Waals surface area (Å²) in [7, 11) is 1.82. The Hall–Kier alpha value is 0.100. The fourth-order valence-corrected chi connectivity index (χ4v) is 3.41. The average Bonchev–Trinajstić information content (AvgIpc) is 2.73. The van der Waals surface area contributed by atoms with Crippen LogP contribution in [0.2, 0.25) is 0 Å². The molecule has 2 rings (SSSR count). The normalized spacial score (nSPS) is 25.9. The summed E-state index contributed by atoms with van der Waals surface area (Å²) >= 11 is 5.24. The van der Waals surface area contributed by atoms with Crippen molar-refractivity contribution in [2.75, 3.05) is 7.11 Å². The first-order chi connectivity index (χ1) is 7.78. The Kier molecular flexibility index (Phi) is 4.82. The Morgan fingerprint density at radius 1 is 1.44 bits per heavy atom. The van der Waals surface area contributed by atoms with Gasteiger partial charge in [0, 0.05) is 19.7 Å². The van der Waals surface area contributed by atoms with E-state index in [2.05, 4.69) is 32.7 Å². The molecule has 1 aliphatic carbocycles. The van der Waals surface area contributed by atoms with Crippen LogP contribution in [0, 0.1) is 0 Å². The van der Waals surface area contributed by atoms with Gasteiger partial charge in [-0.25, -0.2) is 0 Å². The van der Waals surface area contributed by atoms with Crippen molar-refractivity contribution in [1.29, 1.82) is 0 Å². The van der Waals surface area contributed by atoms with Gasteiger partial charge < -0.3 is 10.1 Å². The van der Waals surface area contributed by atoms with Crippen molar-refractivity contribution in [2.45, 2.75) is 44.4 Å². The Morgan fingerprint density at radius 3 is 2.75 bits per heavy atom. The average molecular weight is 304 g/mol. The fourth-order valence-electron chi connectivity index (χ4n) is 2.20. The van der Waals surface area contributed by atoms with Gasteiger partial charge in [-0.15, -0.1) is 11.3 Å². The van der Waals surface area contributed by atoms with Gasteiger partial charge in [-0.1, -0.05) is 0 Å². The van der Waals surface area contributed by atoms with Crippen molar-refractivity contribution < 1.29 is 4.74 Å². The monoisotopic (exact) mass is 303 g/mol. The van der Waals surface area contributed by atoms with E-state index in [1.54, 1.807) is 11.3 Å². The molecule has 2 nitrogen and oxygen atoms in total. The van der Waals surface area contributed by atoms with Crippen LogP contribution in [0.15, 0.2) is 15.2 Å². The Bertz CT molecular complexity index is 321. The minimum atomic E-state index is 0.494. The summed E-state index contributed by atoms with van der Waals surface area (Å²) in [5.74, 6) is 0. The lowest BCUT2D eigenvalue weighted by Gasteiger charge is -2.28. The molecule has 0 atom stereocenters. The molecule has 0 saturated heterocycles. The van der Waals surface area contributed by atoms with Gasteiger partial charge >= 0.3 is 0 Å². The lowest BCUT2D eigenvalue weighted by atomic mass is 9.93. The van der Waals surface area contributed by atoms with E-state index in [1.807, 2.05) is 7.11 Å². The summed E-state index contributed by atoms with van der Waals surface area (Å²) in [6.07, 6.45) is 5.37. The molecule has 4 heteroatoms. The van der Waals surface area contributed by atoms with Crippen molar-refractivity contribution in [1.82, 2.24) is 5.32 Å². The summed E-state index contributed by atoms with van der Waals surface area (Å²) in [5.41, 5.74) is 1.38. The molecule has 1 saturated carbocycles. The number of hydrogen-bond acceptors (Lipinski definition) is 3. The predicted octanol–water partition coefficient (Wildman–Crippen LogP) is 3.56. The highest BCUT2D eigenvalue weighted by atomic mass is 79.9. The van der Waals surface area contributed by atoms with Gasteiger partial charge in [-0.05, 0) is 58.6 Å². The van der Waals surface area contributed by atoms with E-state index in [0.717, 1.165) is 6.54 Å². The maximum absolute atomic E-state index is 5.37. The maximum Gasteiger partial charge on any atom is 0.0701 e. The summed E-state index contributed by atoms with van der Waals surface area (Å²) in [6.45, 7) is 0.990. The molecule has 0 amide bonds. The molecule has 0 bridgehead atoms. The number of halogens is 1. The quantitative estimate of drug-likeness (QED) is 0.918. The molecule has 0 spiro atoms. The van der Waals surface area contributed by atoms with Crippen LogP contribution in [0.25, 0.3) is 0 Å². The van der Waals surface area contributed by atoms with Crippen LogP contribution in [0.3, 0.4) is 0 Å². The summed E-state index contributed by atoms with van der Waals surface area (Å²) in [6, 6.07) is 2.86. The smallest absolute Gasteiger partial charge is 0.0701 e. The molecule has 1 heterocycles. The van der Waals surface area contributed by atoms with Crippen molar-refractivity contribution in [3.8, 4) is 0 Å². The van der Waals surface area contributed by atoms with E-state index in [1.165, 1.54) is 35.0 Å². The minimum Gasteiger partial charge on any atom is -0.381 e. The first-order valence-corrected chi connectivity index (χ1v) is 7.44. The SMILES string of the molecule is COC1CCC(NCc2csc(Br)c2)CC1. The molecule has 90 valence electrons. The van der Waals surface area contributed by atoms with Crippen LogP contribution >= 0.6 is 27.3 Å². The standard InChI is InChI=1S/C12H18BrNOS/c1-15-11-4-2-10(3-5-11)14-7-9-6-12(13)16-8-9/h6,8,10-11,14H,2-5,7H2,1H3. The molecule has 16 heavy (non-hydrogen) atoms. The van der Waals surface area contributed by atoms with Gasteiger partial charge in [-0.2, -0.15) is 0 Å². The van der Waals surface area contributed by atoms with E-state index in [-0.39, 0.29) is 0 Å². The van der Waals surface area contributed by atoms with Crippen molar-refractivity contribution in [3.05, 3.63) is 20.8 Å². The van der Waals surface area contributed by atoms with Crippen LogP contribution in [0.5, 0.6) is 0 Å². The van der Waals surface area contributed by atoms with E-state index in [0.29, 0.717) is 12.1 Å². The zero-order valence-corrected chi connectivity index (χ0v) is 11.9. The van der Waals surface area contributed by atoms with E-state index in [4.69, 9.17) is 4.74 Å². The molecular weight excluding hydrogens is 286 g/mol. The van der Waals surface area contributed by atoms with Gasteiger partial charge in [0.2, 0.25) is 0 Å². The van der Waals surface area contributed by atoms with Gasteiger partial charge in [0.05, 0.1) is 9.89 Å². The minimum absolute atomic E-state index is 0.494. The lowest BCUT2D eigenvalue weighted by molar-refractivity contribution is 0.0624. The van der Waals surface area contributed by atoms with Crippen molar-refractivity contribution in [3.63, 3.8) is 0 Å². The molecule has 0 aromatic carbocycles. The van der Waals surface area contributed by atoms with Crippen LogP contribution in [0.4, 0.5) is 0 Å². The highest BCUT2D eigenvalue weighted by molar-refractivity contribution is 9.11. The summed E-state index contributed by atoms with van der Waals surface area (Å²) in [5, 5.41) is 5.83. The molecule has 1 fully saturated rings. The third-order valence-corrected chi connectivity index (χ3v) is 4.78. The van der Waals surface area contributed by atoms with E-state index < -0.39 is 0 Å². The molecule has 0 radical (unpaired) electrons. The van der Waals surface area contributed by atoms with Gasteiger partial charge in [0.1, 0.15) is 0 Å². The molecular formula is C12H18BrNOS. The lowest BCUT2D eigenvalue weighted by Crippen LogP contribution is -2.34. The highest BCUT2D eigenvalue weighted by Gasteiger charge is 2.20. The highest BCUT2D eigenvalue weighted by Crippen LogP contribution is 2.23. The van der Waals surface area contributed by atoms with Crippen LogP contribution in [-0.4, -0.2) is 19.3 Å². The van der Waals surface area contributed by atoms with E-state index >= 15 is 0 Å². The first-order valence-electron chi connectivity index (χ1n) is 5.77. The van der Waals surface area contributed by atoms with E-state index in [9.17, 15) is 0 Å². The largest absolute Gasteiger partial charge is 0.381 e. The van der Waals surface area contributed by atoms with Gasteiger partial charge in [0.25, 0.3) is 0 Å². The topological polar surface area (TPSA) is 21.3 Å². The number of methoxy groups -OCH3 is 1. The second kappa shape index (κ2) is 6.15. The Morgan fingerprint density at radius 2 is 2.19 bits per heavy atom. The number of rotatable bonds is 4. The molecule has 0 unspecified atom stereocenters. The molecule has 1 aliphatic rings. The number of ether oxygens (including phenoxy) is 1. The third-order valence-electron chi connectivity index (χ3n) is 3.22.